The van der Waals surface area contributed by atoms with E-state index in [4.69, 9.17) is 28.3 Å². The van der Waals surface area contributed by atoms with Gasteiger partial charge in [0.1, 0.15) is 11.6 Å². The molecule has 36 heavy (non-hydrogen) atoms. The van der Waals surface area contributed by atoms with Gasteiger partial charge in [-0.1, -0.05) is 35.9 Å². The highest BCUT2D eigenvalue weighted by molar-refractivity contribution is 6.63. The van der Waals surface area contributed by atoms with Crippen LogP contribution in [0, 0.1) is 18.6 Å². The zero-order chi connectivity index (χ0) is 25.2. The fraction of sp³-hybridized carbons (Fsp3) is 0.280. The van der Waals surface area contributed by atoms with Gasteiger partial charge in [-0.3, -0.25) is 0 Å². The van der Waals surface area contributed by atoms with Crippen molar-refractivity contribution in [2.45, 2.75) is 39.8 Å². The summed E-state index contributed by atoms with van der Waals surface area (Å²) >= 11 is 0. The molecule has 0 spiro atoms. The number of hydrogen-bond donors (Lipinski definition) is 1. The number of hydrogen-bond acceptors (Lipinski definition) is 6. The second kappa shape index (κ2) is 10.8. The van der Waals surface area contributed by atoms with Gasteiger partial charge in [-0.15, -0.1) is 0 Å². The quantitative estimate of drug-likeness (QED) is 0.549. The Balaban J connectivity index is 0.000000202. The van der Waals surface area contributed by atoms with Crippen LogP contribution in [0.4, 0.5) is 8.78 Å². The highest BCUT2D eigenvalue weighted by Gasteiger charge is 2.34. The lowest BCUT2D eigenvalue weighted by molar-refractivity contribution is 0.0959. The van der Waals surface area contributed by atoms with Crippen molar-refractivity contribution in [1.82, 2.24) is 0 Å². The fourth-order valence-electron chi connectivity index (χ4n) is 4.45. The normalized spacial score (nSPS) is 16.4. The summed E-state index contributed by atoms with van der Waals surface area (Å²) in [7, 11) is -1.70. The smallest absolute Gasteiger partial charge is 0.423 e. The van der Waals surface area contributed by atoms with E-state index in [0.717, 1.165) is 22.1 Å². The summed E-state index contributed by atoms with van der Waals surface area (Å²) in [6.45, 7) is 5.61. The van der Waals surface area contributed by atoms with Crippen LogP contribution in [-0.2, 0) is 43.1 Å². The molecular formula is C25H25B3F2O6. The van der Waals surface area contributed by atoms with Gasteiger partial charge in [0.25, 0.3) is 0 Å². The number of aryl methyl sites for hydroxylation is 1. The van der Waals surface area contributed by atoms with Gasteiger partial charge in [-0.2, -0.15) is 0 Å². The van der Waals surface area contributed by atoms with Crippen molar-refractivity contribution in [3.63, 3.8) is 0 Å². The van der Waals surface area contributed by atoms with Crippen molar-refractivity contribution in [2.24, 2.45) is 0 Å². The van der Waals surface area contributed by atoms with Crippen LogP contribution in [0.25, 0.3) is 0 Å². The first-order chi connectivity index (χ1) is 17.4. The van der Waals surface area contributed by atoms with Crippen LogP contribution in [-0.4, -0.2) is 39.1 Å². The van der Waals surface area contributed by atoms with Crippen LogP contribution < -0.4 is 16.4 Å². The summed E-state index contributed by atoms with van der Waals surface area (Å²) in [6, 6.07) is 15.1. The first-order valence-electron chi connectivity index (χ1n) is 11.8. The van der Waals surface area contributed by atoms with Crippen LogP contribution in [0.15, 0.2) is 54.6 Å². The minimum atomic E-state index is -0.870. The van der Waals surface area contributed by atoms with E-state index in [-0.39, 0.29) is 24.9 Å². The molecule has 0 aliphatic carbocycles. The maximum atomic E-state index is 13.3. The first-order valence-corrected chi connectivity index (χ1v) is 11.8. The molecule has 0 aromatic heterocycles. The second-order valence-corrected chi connectivity index (χ2v) is 9.12. The van der Waals surface area contributed by atoms with E-state index in [0.29, 0.717) is 31.9 Å². The van der Waals surface area contributed by atoms with E-state index in [2.05, 4.69) is 25.1 Å². The summed E-state index contributed by atoms with van der Waals surface area (Å²) in [4.78, 5) is 0. The molecule has 3 aliphatic heterocycles. The molecule has 3 aliphatic rings. The molecule has 184 valence electrons. The molecule has 3 aromatic carbocycles. The molecule has 0 saturated carbocycles. The zero-order valence-electron chi connectivity index (χ0n) is 20.1. The van der Waals surface area contributed by atoms with Gasteiger partial charge < -0.3 is 28.3 Å². The number of rotatable bonds is 5. The fourth-order valence-corrected chi connectivity index (χ4v) is 4.45. The third-order valence-corrected chi connectivity index (χ3v) is 6.30. The van der Waals surface area contributed by atoms with E-state index < -0.39 is 14.2 Å². The van der Waals surface area contributed by atoms with E-state index in [1.807, 2.05) is 6.92 Å². The number of fused-ring (bicyclic) bond motifs is 3. The van der Waals surface area contributed by atoms with E-state index in [1.165, 1.54) is 35.4 Å². The molecular weight excluding hydrogens is 467 g/mol. The molecule has 1 N–H and O–H groups in total. The summed E-state index contributed by atoms with van der Waals surface area (Å²) in [5.41, 5.74) is 6.59. The van der Waals surface area contributed by atoms with E-state index in [9.17, 15) is 8.78 Å². The Morgan fingerprint density at radius 2 is 1.36 bits per heavy atom. The maximum absolute atomic E-state index is 13.3. The molecule has 1 atom stereocenters. The SMILES string of the molecule is Cc1ccc2c(c1)COB2OCC(C)OB1OCc2cc(F)ccc21.OB1OCc2cc(F)ccc21. The van der Waals surface area contributed by atoms with Crippen molar-refractivity contribution >= 4 is 37.7 Å². The van der Waals surface area contributed by atoms with Crippen LogP contribution >= 0.6 is 0 Å². The standard InChI is InChI=1S/C18H19B2FO4.C7H6BFO2/c1-12-3-5-17-14(7-12)10-23-19(17)22-9-13(2)25-20-18-6-4-16(21)8-15(18)11-24-20;9-6-1-2-7-5(3-6)4-11-8(7)10/h3-8,13H,9-11H2,1-2H3;1-3,10H,4H2. The monoisotopic (exact) mass is 492 g/mol. The third kappa shape index (κ3) is 5.57. The Bertz CT molecular complexity index is 1250. The van der Waals surface area contributed by atoms with Crippen molar-refractivity contribution in [2.75, 3.05) is 6.61 Å². The number of halogens is 2. The maximum Gasteiger partial charge on any atom is 0.494 e. The van der Waals surface area contributed by atoms with Gasteiger partial charge in [-0.25, -0.2) is 8.78 Å². The highest BCUT2D eigenvalue weighted by atomic mass is 19.1. The molecule has 0 amide bonds. The lowest BCUT2D eigenvalue weighted by Gasteiger charge is -2.18. The second-order valence-electron chi connectivity index (χ2n) is 9.12. The minimum Gasteiger partial charge on any atom is -0.423 e. The van der Waals surface area contributed by atoms with E-state index in [1.54, 1.807) is 12.1 Å². The third-order valence-electron chi connectivity index (χ3n) is 6.30. The average Bonchev–Trinajstić information content (AvgIpc) is 3.55. The zero-order valence-corrected chi connectivity index (χ0v) is 20.1. The summed E-state index contributed by atoms with van der Waals surface area (Å²) < 4.78 is 53.8. The first kappa shape index (κ1) is 25.1. The molecule has 0 fully saturated rings. The molecule has 3 heterocycles. The largest absolute Gasteiger partial charge is 0.494 e. The molecule has 6 rings (SSSR count). The summed E-state index contributed by atoms with van der Waals surface area (Å²) in [5, 5.41) is 9.13. The van der Waals surface area contributed by atoms with Crippen LogP contribution in [0.1, 0.15) is 29.2 Å². The topological polar surface area (TPSA) is 66.4 Å². The van der Waals surface area contributed by atoms with Gasteiger partial charge in [-0.05, 0) is 71.2 Å². The van der Waals surface area contributed by atoms with Gasteiger partial charge in [0.05, 0.1) is 32.5 Å². The Kier molecular flexibility index (Phi) is 7.57. The molecule has 0 bridgehead atoms. The van der Waals surface area contributed by atoms with Crippen molar-refractivity contribution in [3.05, 3.63) is 88.5 Å². The van der Waals surface area contributed by atoms with Crippen LogP contribution in [0.5, 0.6) is 0 Å². The molecule has 3 aromatic rings. The van der Waals surface area contributed by atoms with Crippen molar-refractivity contribution in [1.29, 1.82) is 0 Å². The summed E-state index contributed by atoms with van der Waals surface area (Å²) in [5.74, 6) is -0.548. The van der Waals surface area contributed by atoms with Gasteiger partial charge in [0, 0.05) is 0 Å². The highest BCUT2D eigenvalue weighted by Crippen LogP contribution is 2.16. The Morgan fingerprint density at radius 1 is 0.806 bits per heavy atom. The predicted octanol–water partition coefficient (Wildman–Crippen LogP) is 1.75. The van der Waals surface area contributed by atoms with Crippen LogP contribution in [0.3, 0.4) is 0 Å². The van der Waals surface area contributed by atoms with Gasteiger partial charge >= 0.3 is 21.4 Å². The molecule has 0 radical (unpaired) electrons. The van der Waals surface area contributed by atoms with Crippen molar-refractivity contribution in [3.8, 4) is 0 Å². The van der Waals surface area contributed by atoms with E-state index >= 15 is 0 Å². The molecule has 6 nitrogen and oxygen atoms in total. The molecule has 0 saturated heterocycles. The lowest BCUT2D eigenvalue weighted by atomic mass is 9.78. The van der Waals surface area contributed by atoms with Crippen molar-refractivity contribution < 1.29 is 37.1 Å². The minimum absolute atomic E-state index is 0.181. The Morgan fingerprint density at radius 3 is 2.11 bits per heavy atom. The molecule has 1 unspecified atom stereocenters. The average molecular weight is 492 g/mol. The lowest BCUT2D eigenvalue weighted by Crippen LogP contribution is -2.39. The Hall–Kier alpha value is -2.53. The molecule has 11 heteroatoms. The number of benzene rings is 3. The summed E-state index contributed by atoms with van der Waals surface area (Å²) in [6.07, 6.45) is -0.181. The predicted molar refractivity (Wildman–Crippen MR) is 133 cm³/mol. The van der Waals surface area contributed by atoms with Gasteiger partial charge in [0.15, 0.2) is 0 Å². The van der Waals surface area contributed by atoms with Crippen LogP contribution in [0.2, 0.25) is 0 Å². The Labute approximate surface area is 209 Å². The van der Waals surface area contributed by atoms with Gasteiger partial charge in [0.2, 0.25) is 0 Å².